The topological polar surface area (TPSA) is 204 Å². The molecule has 18 heteroatoms. The number of carbonyl (C=O) groups is 4. The first-order valence-corrected chi connectivity index (χ1v) is 22.1. The Balaban J connectivity index is 0.000000544. The summed E-state index contributed by atoms with van der Waals surface area (Å²) in [4.78, 5) is 48.8. The average Bonchev–Trinajstić information content (AvgIpc) is 3.32. The maximum atomic E-state index is 11.8. The number of rotatable bonds is 22. The molecule has 0 radical (unpaired) electrons. The Morgan fingerprint density at radius 1 is 0.545 bits per heavy atom. The molecule has 0 bridgehead atoms. The van der Waals surface area contributed by atoms with E-state index in [4.69, 9.17) is 38.9 Å². The van der Waals surface area contributed by atoms with Gasteiger partial charge in [0.2, 0.25) is 0 Å². The number of phenolic OH excluding ortho intramolecular Hbond substituents is 1. The minimum atomic E-state index is -0.513. The Labute approximate surface area is 397 Å². The molecular weight excluding hydrogens is 922 g/mol. The van der Waals surface area contributed by atoms with Crippen molar-refractivity contribution in [3.05, 3.63) is 97.1 Å². The summed E-state index contributed by atoms with van der Waals surface area (Å²) < 4.78 is 46.1. The number of phenols is 1. The molecular formula is C48H66BrN3O14. The molecule has 0 unspecified atom stereocenters. The van der Waals surface area contributed by atoms with Crippen LogP contribution in [0.5, 0.6) is 34.5 Å². The molecule has 364 valence electrons. The molecule has 0 saturated heterocycles. The highest BCUT2D eigenvalue weighted by molar-refractivity contribution is 9.09. The number of halogens is 1. The van der Waals surface area contributed by atoms with Crippen LogP contribution in [0.3, 0.4) is 0 Å². The largest absolute Gasteiger partial charge is 0.504 e. The van der Waals surface area contributed by atoms with Crippen molar-refractivity contribution >= 4 is 51.2 Å². The lowest BCUT2D eigenvalue weighted by atomic mass is 10.2. The first-order chi connectivity index (χ1) is 31.6. The summed E-state index contributed by atoms with van der Waals surface area (Å²) in [5.41, 5.74) is 6.85. The summed E-state index contributed by atoms with van der Waals surface area (Å²) in [5.74, 6) is 0.715. The number of nitrogens with zero attached hydrogens (tertiary/aromatic N) is 2. The van der Waals surface area contributed by atoms with Gasteiger partial charge in [0.15, 0.2) is 29.6 Å². The van der Waals surface area contributed by atoms with Crippen LogP contribution in [0.4, 0.5) is 11.4 Å². The molecule has 17 nitrogen and oxygen atoms in total. The van der Waals surface area contributed by atoms with Gasteiger partial charge in [-0.1, -0.05) is 71.4 Å². The van der Waals surface area contributed by atoms with Crippen LogP contribution in [0.25, 0.3) is 0 Å². The van der Waals surface area contributed by atoms with Crippen molar-refractivity contribution in [2.75, 3.05) is 97.1 Å². The van der Waals surface area contributed by atoms with Gasteiger partial charge in [0.25, 0.3) is 0 Å². The number of nitrogens with two attached hydrogens (primary N) is 1. The average molecular weight is 989 g/mol. The van der Waals surface area contributed by atoms with Crippen molar-refractivity contribution in [2.45, 2.75) is 46.7 Å². The quantitative estimate of drug-likeness (QED) is 0.0269. The van der Waals surface area contributed by atoms with Gasteiger partial charge < -0.3 is 58.4 Å². The number of nitrogen functional groups attached to an aromatic ring is 1. The molecule has 0 amide bonds. The van der Waals surface area contributed by atoms with E-state index >= 15 is 0 Å². The summed E-state index contributed by atoms with van der Waals surface area (Å²) in [5, 5.41) is 9.77. The van der Waals surface area contributed by atoms with Crippen molar-refractivity contribution in [3.63, 3.8) is 0 Å². The molecule has 66 heavy (non-hydrogen) atoms. The number of benzene rings is 4. The van der Waals surface area contributed by atoms with Crippen LogP contribution < -0.4 is 34.3 Å². The van der Waals surface area contributed by atoms with E-state index in [2.05, 4.69) is 64.9 Å². The third-order valence-corrected chi connectivity index (χ3v) is 9.19. The summed E-state index contributed by atoms with van der Waals surface area (Å²) in [6.45, 7) is 12.8. The molecule has 0 heterocycles. The third kappa shape index (κ3) is 23.5. The highest BCUT2D eigenvalue weighted by Gasteiger charge is 2.20. The standard InChI is InChI=1S/C23H27NO9.C14H15NO3.C8H19N.C3H5BrO2/c1-28-21(25)14-24(15-22(26)29-2)17-8-4-5-9-18(17)31-12-13-32-19-10-6-7-11-20(19)33-16-23(27)30-3;15-11-5-1-3-7-13(11)17-9-10-18-14-8-4-2-6-12(14)16;1-6-9(7(2)3)8(4)5;1-6-3(5)2-4/h4-11H,12-16H2,1-3H3;1-8,16H,9-10,15H2;7-8H,6H2,1-5H3;2H2,1H3. The minimum absolute atomic E-state index is 0.122. The summed E-state index contributed by atoms with van der Waals surface area (Å²) in [7, 11) is 5.17. The molecule has 0 saturated carbocycles. The Kier molecular flexibility index (Phi) is 29.7. The number of esters is 4. The minimum Gasteiger partial charge on any atom is -0.504 e. The lowest BCUT2D eigenvalue weighted by Crippen LogP contribution is -2.36. The molecule has 4 rings (SSSR count). The van der Waals surface area contributed by atoms with E-state index in [1.54, 1.807) is 84.9 Å². The van der Waals surface area contributed by atoms with Gasteiger partial charge in [-0.05, 0) is 82.8 Å². The van der Waals surface area contributed by atoms with Crippen LogP contribution in [0.1, 0.15) is 34.6 Å². The first kappa shape index (κ1) is 57.6. The lowest BCUT2D eigenvalue weighted by Gasteiger charge is -2.28. The van der Waals surface area contributed by atoms with Crippen LogP contribution >= 0.6 is 15.9 Å². The molecule has 0 atom stereocenters. The lowest BCUT2D eigenvalue weighted by molar-refractivity contribution is -0.143. The number of hydrogen-bond acceptors (Lipinski definition) is 17. The SMILES string of the molecule is CCN(C(C)C)C(C)C.COC(=O)CBr.COC(=O)COc1ccccc1OCCOc1ccccc1N(CC(=O)OC)CC(=O)OC.Nc1ccccc1OCCOc1ccccc1O. The van der Waals surface area contributed by atoms with Crippen molar-refractivity contribution in [1.29, 1.82) is 0 Å². The van der Waals surface area contributed by atoms with E-state index in [9.17, 15) is 24.3 Å². The first-order valence-electron chi connectivity index (χ1n) is 20.9. The van der Waals surface area contributed by atoms with E-state index in [1.807, 2.05) is 12.1 Å². The molecule has 0 aliphatic heterocycles. The zero-order valence-corrected chi connectivity index (χ0v) is 40.9. The van der Waals surface area contributed by atoms with Gasteiger partial charge in [-0.25, -0.2) is 4.79 Å². The summed E-state index contributed by atoms with van der Waals surface area (Å²) >= 11 is 2.90. The number of hydrogen-bond donors (Lipinski definition) is 2. The van der Waals surface area contributed by atoms with Gasteiger partial charge in [0.05, 0.1) is 39.8 Å². The Hall–Kier alpha value is -6.40. The van der Waals surface area contributed by atoms with Gasteiger partial charge in [0.1, 0.15) is 56.3 Å². The molecule has 0 aliphatic carbocycles. The van der Waals surface area contributed by atoms with Crippen LogP contribution in [0, 0.1) is 0 Å². The zero-order valence-electron chi connectivity index (χ0n) is 39.4. The molecule has 0 spiro atoms. The molecule has 0 aromatic heterocycles. The molecule has 0 aliphatic rings. The number of para-hydroxylation sites is 8. The Morgan fingerprint density at radius 2 is 0.939 bits per heavy atom. The fourth-order valence-corrected chi connectivity index (χ4v) is 5.80. The number of alkyl halides is 1. The van der Waals surface area contributed by atoms with Gasteiger partial charge in [-0.3, -0.25) is 19.3 Å². The normalized spacial score (nSPS) is 10.1. The van der Waals surface area contributed by atoms with Crippen molar-refractivity contribution < 1.29 is 66.9 Å². The van der Waals surface area contributed by atoms with E-state index in [0.717, 1.165) is 6.54 Å². The monoisotopic (exact) mass is 987 g/mol. The second-order valence-corrected chi connectivity index (χ2v) is 14.5. The van der Waals surface area contributed by atoms with E-state index < -0.39 is 17.9 Å². The van der Waals surface area contributed by atoms with E-state index in [-0.39, 0.29) is 50.0 Å². The maximum Gasteiger partial charge on any atom is 0.343 e. The Morgan fingerprint density at radius 3 is 1.36 bits per heavy atom. The molecule has 3 N–H and O–H groups in total. The summed E-state index contributed by atoms with van der Waals surface area (Å²) in [6, 6.07) is 29.3. The second-order valence-electron chi connectivity index (χ2n) is 13.9. The van der Waals surface area contributed by atoms with Crippen LogP contribution in [-0.4, -0.2) is 132 Å². The highest BCUT2D eigenvalue weighted by atomic mass is 79.9. The predicted molar refractivity (Wildman–Crippen MR) is 256 cm³/mol. The predicted octanol–water partition coefficient (Wildman–Crippen LogP) is 6.96. The fourth-order valence-electron chi connectivity index (χ4n) is 5.57. The third-order valence-electron chi connectivity index (χ3n) is 8.73. The fraction of sp³-hybridized carbons (Fsp3) is 0.417. The van der Waals surface area contributed by atoms with Crippen LogP contribution in [0.15, 0.2) is 97.1 Å². The molecule has 4 aromatic carbocycles. The number of ether oxygens (including phenoxy) is 9. The van der Waals surface area contributed by atoms with Gasteiger partial charge >= 0.3 is 23.9 Å². The van der Waals surface area contributed by atoms with Crippen molar-refractivity contribution in [3.8, 4) is 34.5 Å². The van der Waals surface area contributed by atoms with E-state index in [1.165, 1.54) is 33.3 Å². The molecule has 4 aromatic rings. The van der Waals surface area contributed by atoms with Gasteiger partial charge in [-0.15, -0.1) is 0 Å². The number of aromatic hydroxyl groups is 1. The van der Waals surface area contributed by atoms with Gasteiger partial charge in [0, 0.05) is 12.1 Å². The molecule has 0 fully saturated rings. The summed E-state index contributed by atoms with van der Waals surface area (Å²) in [6.07, 6.45) is 0. The number of methoxy groups -OCH3 is 4. The van der Waals surface area contributed by atoms with Crippen molar-refractivity contribution in [2.24, 2.45) is 0 Å². The van der Waals surface area contributed by atoms with Crippen LogP contribution in [-0.2, 0) is 38.1 Å². The number of carbonyl (C=O) groups excluding carboxylic acids is 4. The highest BCUT2D eigenvalue weighted by Crippen LogP contribution is 2.29. The second kappa shape index (κ2) is 34.0. The van der Waals surface area contributed by atoms with Crippen LogP contribution in [0.2, 0.25) is 0 Å². The van der Waals surface area contributed by atoms with Crippen molar-refractivity contribution in [1.82, 2.24) is 4.90 Å². The van der Waals surface area contributed by atoms with E-state index in [0.29, 0.717) is 65.4 Å². The Bertz CT molecular complexity index is 1920. The maximum absolute atomic E-state index is 11.8. The number of anilines is 2. The smallest absolute Gasteiger partial charge is 0.343 e. The van der Waals surface area contributed by atoms with Gasteiger partial charge in [-0.2, -0.15) is 0 Å². The zero-order chi connectivity index (χ0) is 49.3.